The number of hydrogen-bond acceptors (Lipinski definition) is 5. The second-order valence-electron chi connectivity index (χ2n) is 7.47. The topological polar surface area (TPSA) is 83.6 Å². The van der Waals surface area contributed by atoms with Crippen molar-refractivity contribution in [3.05, 3.63) is 115 Å². The van der Waals surface area contributed by atoms with Crippen LogP contribution in [0.1, 0.15) is 0 Å². The zero-order valence-electron chi connectivity index (χ0n) is 18.3. The maximum absolute atomic E-state index is 13.4. The number of sulfone groups is 1. The van der Waals surface area contributed by atoms with E-state index < -0.39 is 19.9 Å². The Morgan fingerprint density at radius 1 is 0.588 bits per heavy atom. The number of anilines is 2. The maximum Gasteiger partial charge on any atom is 0.264 e. The zero-order chi connectivity index (χ0) is 24.0. The highest BCUT2D eigenvalue weighted by Gasteiger charge is 2.25. The molecule has 1 N–H and O–H groups in total. The fourth-order valence-corrected chi connectivity index (χ4v) is 6.51. The van der Waals surface area contributed by atoms with Crippen molar-refractivity contribution in [2.75, 3.05) is 22.7 Å². The molecule has 34 heavy (non-hydrogen) atoms. The van der Waals surface area contributed by atoms with Gasteiger partial charge < -0.3 is 5.32 Å². The van der Waals surface area contributed by atoms with Gasteiger partial charge in [-0.1, -0.05) is 66.7 Å². The Morgan fingerprint density at radius 2 is 1.09 bits per heavy atom. The van der Waals surface area contributed by atoms with Gasteiger partial charge in [-0.15, -0.1) is 0 Å². The summed E-state index contributed by atoms with van der Waals surface area (Å²) in [5.74, 6) is 0. The molecule has 0 aromatic heterocycles. The minimum Gasteiger partial charge on any atom is -0.382 e. The first-order valence-corrected chi connectivity index (χ1v) is 13.6. The van der Waals surface area contributed by atoms with Crippen molar-refractivity contribution in [1.82, 2.24) is 0 Å². The van der Waals surface area contributed by atoms with Crippen molar-refractivity contribution in [1.29, 1.82) is 0 Å². The summed E-state index contributed by atoms with van der Waals surface area (Å²) in [6, 6.07) is 31.9. The quantitative estimate of drug-likeness (QED) is 0.362. The summed E-state index contributed by atoms with van der Waals surface area (Å²) in [4.78, 5) is 0.520. The summed E-state index contributed by atoms with van der Waals surface area (Å²) in [6.07, 6.45) is 0. The molecule has 174 valence electrons. The van der Waals surface area contributed by atoms with E-state index >= 15 is 0 Å². The fraction of sp³-hybridized carbons (Fsp3) is 0.0769. The molecule has 0 saturated heterocycles. The van der Waals surface area contributed by atoms with Gasteiger partial charge in [0, 0.05) is 6.54 Å². The van der Waals surface area contributed by atoms with E-state index in [9.17, 15) is 16.8 Å². The molecular formula is C26H24N2O4S2. The molecule has 0 radical (unpaired) electrons. The lowest BCUT2D eigenvalue weighted by Crippen LogP contribution is -2.35. The highest BCUT2D eigenvalue weighted by atomic mass is 32.2. The Kier molecular flexibility index (Phi) is 7.00. The molecule has 4 rings (SSSR count). The summed E-state index contributed by atoms with van der Waals surface area (Å²) < 4.78 is 54.4. The fourth-order valence-electron chi connectivity index (χ4n) is 3.57. The molecule has 0 aliphatic rings. The van der Waals surface area contributed by atoms with Crippen LogP contribution >= 0.6 is 0 Å². The van der Waals surface area contributed by atoms with Crippen LogP contribution in [0.3, 0.4) is 0 Å². The number of para-hydroxylation sites is 2. The van der Waals surface area contributed by atoms with E-state index in [1.165, 1.54) is 4.31 Å². The predicted molar refractivity (Wildman–Crippen MR) is 134 cm³/mol. The maximum atomic E-state index is 13.4. The SMILES string of the molecule is O=S(=O)(c1ccccc1)c1ccccc1NCCN(c1ccccc1)S(=O)(=O)c1ccccc1. The lowest BCUT2D eigenvalue weighted by Gasteiger charge is -2.25. The Balaban J connectivity index is 1.60. The molecule has 0 fully saturated rings. The van der Waals surface area contributed by atoms with E-state index in [0.717, 1.165) is 0 Å². The number of sulfonamides is 1. The standard InChI is InChI=1S/C26H24N2O4S2/c29-33(30,23-14-6-2-7-15-23)26-19-11-10-18-25(26)27-20-21-28(22-12-4-1-5-13-22)34(31,32)24-16-8-3-9-17-24/h1-19,27H,20-21H2. The molecule has 0 aliphatic heterocycles. The third kappa shape index (κ3) is 4.98. The van der Waals surface area contributed by atoms with E-state index in [2.05, 4.69) is 5.32 Å². The number of benzene rings is 4. The minimum atomic E-state index is -3.81. The largest absolute Gasteiger partial charge is 0.382 e. The lowest BCUT2D eigenvalue weighted by molar-refractivity contribution is 0.590. The van der Waals surface area contributed by atoms with Crippen LogP contribution in [-0.2, 0) is 19.9 Å². The van der Waals surface area contributed by atoms with Crippen LogP contribution in [0, 0.1) is 0 Å². The van der Waals surface area contributed by atoms with Gasteiger partial charge in [-0.2, -0.15) is 0 Å². The monoisotopic (exact) mass is 492 g/mol. The van der Waals surface area contributed by atoms with Gasteiger partial charge in [0.05, 0.1) is 32.6 Å². The molecule has 0 saturated carbocycles. The number of rotatable bonds is 9. The molecule has 0 aliphatic carbocycles. The molecule has 8 heteroatoms. The third-order valence-electron chi connectivity index (χ3n) is 5.24. The third-order valence-corrected chi connectivity index (χ3v) is 8.91. The van der Waals surface area contributed by atoms with Gasteiger partial charge in [0.2, 0.25) is 9.84 Å². The van der Waals surface area contributed by atoms with E-state index in [0.29, 0.717) is 11.4 Å². The summed E-state index contributed by atoms with van der Waals surface area (Å²) in [6.45, 7) is 0.295. The molecule has 0 amide bonds. The van der Waals surface area contributed by atoms with E-state index in [1.807, 2.05) is 6.07 Å². The summed E-state index contributed by atoms with van der Waals surface area (Å²) in [5.41, 5.74) is 0.940. The summed E-state index contributed by atoms with van der Waals surface area (Å²) in [7, 11) is -7.55. The first-order valence-electron chi connectivity index (χ1n) is 10.7. The van der Waals surface area contributed by atoms with Crippen LogP contribution in [0.4, 0.5) is 11.4 Å². The Morgan fingerprint density at radius 3 is 1.71 bits per heavy atom. The van der Waals surface area contributed by atoms with Gasteiger partial charge in [0.15, 0.2) is 0 Å². The first-order chi connectivity index (χ1) is 16.4. The van der Waals surface area contributed by atoms with Gasteiger partial charge in [0.25, 0.3) is 10.0 Å². The minimum absolute atomic E-state index is 0.0982. The number of nitrogens with one attached hydrogen (secondary N) is 1. The zero-order valence-corrected chi connectivity index (χ0v) is 19.9. The second-order valence-corrected chi connectivity index (χ2v) is 11.2. The molecule has 4 aromatic rings. The molecule has 0 unspecified atom stereocenters. The Labute approximate surface area is 200 Å². The predicted octanol–water partition coefficient (Wildman–Crippen LogP) is 4.83. The molecule has 0 heterocycles. The highest BCUT2D eigenvalue weighted by molar-refractivity contribution is 7.93. The van der Waals surface area contributed by atoms with Crippen molar-refractivity contribution in [3.8, 4) is 0 Å². The number of nitrogens with zero attached hydrogens (tertiary/aromatic N) is 1. The van der Waals surface area contributed by atoms with Gasteiger partial charge in [-0.25, -0.2) is 16.8 Å². The van der Waals surface area contributed by atoms with Gasteiger partial charge >= 0.3 is 0 Å². The van der Waals surface area contributed by atoms with Crippen molar-refractivity contribution < 1.29 is 16.8 Å². The molecule has 0 bridgehead atoms. The second kappa shape index (κ2) is 10.1. The van der Waals surface area contributed by atoms with Crippen LogP contribution in [0.15, 0.2) is 130 Å². The molecule has 4 aromatic carbocycles. The Bertz CT molecular complexity index is 1440. The first kappa shape index (κ1) is 23.5. The molecular weight excluding hydrogens is 468 g/mol. The smallest absolute Gasteiger partial charge is 0.264 e. The summed E-state index contributed by atoms with van der Waals surface area (Å²) in [5, 5.41) is 3.13. The van der Waals surface area contributed by atoms with Gasteiger partial charge in [-0.3, -0.25) is 4.31 Å². The van der Waals surface area contributed by atoms with Crippen molar-refractivity contribution >= 4 is 31.2 Å². The van der Waals surface area contributed by atoms with Crippen molar-refractivity contribution in [2.24, 2.45) is 0 Å². The van der Waals surface area contributed by atoms with E-state index in [1.54, 1.807) is 109 Å². The van der Waals surface area contributed by atoms with Crippen LogP contribution < -0.4 is 9.62 Å². The van der Waals surface area contributed by atoms with Gasteiger partial charge in [0.1, 0.15) is 0 Å². The van der Waals surface area contributed by atoms with Crippen LogP contribution in [0.25, 0.3) is 0 Å². The molecule has 0 spiro atoms. The molecule has 0 atom stereocenters. The average Bonchev–Trinajstić information content (AvgIpc) is 2.88. The van der Waals surface area contributed by atoms with Crippen molar-refractivity contribution in [3.63, 3.8) is 0 Å². The van der Waals surface area contributed by atoms with E-state index in [-0.39, 0.29) is 27.8 Å². The molecule has 6 nitrogen and oxygen atoms in total. The average molecular weight is 493 g/mol. The van der Waals surface area contributed by atoms with Gasteiger partial charge in [-0.05, 0) is 48.5 Å². The van der Waals surface area contributed by atoms with Crippen molar-refractivity contribution in [2.45, 2.75) is 14.7 Å². The van der Waals surface area contributed by atoms with Crippen LogP contribution in [0.5, 0.6) is 0 Å². The normalized spacial score (nSPS) is 11.6. The highest BCUT2D eigenvalue weighted by Crippen LogP contribution is 2.28. The Hall–Kier alpha value is -3.62. The van der Waals surface area contributed by atoms with Crippen LogP contribution in [-0.4, -0.2) is 29.9 Å². The lowest BCUT2D eigenvalue weighted by atomic mass is 10.3. The summed E-state index contributed by atoms with van der Waals surface area (Å²) >= 11 is 0. The van der Waals surface area contributed by atoms with E-state index in [4.69, 9.17) is 0 Å². The number of hydrogen-bond donors (Lipinski definition) is 1. The van der Waals surface area contributed by atoms with Crippen LogP contribution in [0.2, 0.25) is 0 Å².